The molecule has 3 heterocycles. The molecule has 6 rings (SSSR count). The van der Waals surface area contributed by atoms with Crippen LogP contribution in [0.25, 0.3) is 11.2 Å². The zero-order valence-electron chi connectivity index (χ0n) is 23.2. The van der Waals surface area contributed by atoms with Crippen LogP contribution in [0.3, 0.4) is 0 Å². The van der Waals surface area contributed by atoms with Crippen LogP contribution in [-0.4, -0.2) is 56.6 Å². The number of imidazole rings is 1. The zero-order chi connectivity index (χ0) is 28.3. The highest BCUT2D eigenvalue weighted by molar-refractivity contribution is 5.79. The molecule has 0 unspecified atom stereocenters. The van der Waals surface area contributed by atoms with E-state index in [4.69, 9.17) is 15.7 Å². The molecule has 2 aliphatic carbocycles. The average Bonchev–Trinajstić information content (AvgIpc) is 3.33. The number of rotatable bonds is 7. The second-order valence-corrected chi connectivity index (χ2v) is 11.8. The second-order valence-electron chi connectivity index (χ2n) is 11.8. The Labute approximate surface area is 238 Å². The maximum absolute atomic E-state index is 14.6. The van der Waals surface area contributed by atoms with Gasteiger partial charge in [-0.15, -0.1) is 0 Å². The van der Waals surface area contributed by atoms with Crippen LogP contribution in [0, 0.1) is 17.6 Å². The molecule has 6 N–H and O–H groups in total. The van der Waals surface area contributed by atoms with Gasteiger partial charge in [-0.25, -0.2) is 18.7 Å². The standard InChI is InChI=1S/C29H39F2N9O/c30-18-3-10-24(23(31)15-18)37-29-38-25-16-34-28(36-20-6-4-19(32)5-7-20)39-26(25)40(29)22-8-1-17(2-9-22)27(41)35-21-11-13-33-14-12-21/h3,10,15-17,19-22,33H,1-2,4-9,11-14,32H2,(H,35,41)(H,37,38)(H,34,36,39). The van der Waals surface area contributed by atoms with Gasteiger partial charge in [0, 0.05) is 36.2 Å². The number of amides is 1. The van der Waals surface area contributed by atoms with E-state index < -0.39 is 11.6 Å². The lowest BCUT2D eigenvalue weighted by molar-refractivity contribution is -0.127. The Bertz CT molecular complexity index is 1360. The Morgan fingerprint density at radius 2 is 1.71 bits per heavy atom. The molecule has 1 aromatic carbocycles. The first-order valence-electron chi connectivity index (χ1n) is 14.9. The highest BCUT2D eigenvalue weighted by Gasteiger charge is 2.31. The second kappa shape index (κ2) is 12.2. The van der Waals surface area contributed by atoms with Gasteiger partial charge in [0.15, 0.2) is 5.65 Å². The normalized spacial score (nSPS) is 25.6. The maximum Gasteiger partial charge on any atom is 0.224 e. The number of fused-ring (bicyclic) bond motifs is 1. The van der Waals surface area contributed by atoms with E-state index in [2.05, 4.69) is 26.3 Å². The summed E-state index contributed by atoms with van der Waals surface area (Å²) in [5.74, 6) is -0.305. The summed E-state index contributed by atoms with van der Waals surface area (Å²) >= 11 is 0. The lowest BCUT2D eigenvalue weighted by Crippen LogP contribution is -2.45. The van der Waals surface area contributed by atoms with E-state index in [-0.39, 0.29) is 41.7 Å². The molecule has 0 spiro atoms. The summed E-state index contributed by atoms with van der Waals surface area (Å²) in [5, 5.41) is 13.1. The maximum atomic E-state index is 14.6. The fourth-order valence-electron chi connectivity index (χ4n) is 6.43. The molecular formula is C29H39F2N9O. The van der Waals surface area contributed by atoms with E-state index >= 15 is 0 Å². The van der Waals surface area contributed by atoms with Gasteiger partial charge >= 0.3 is 0 Å². The molecule has 0 bridgehead atoms. The smallest absolute Gasteiger partial charge is 0.224 e. The van der Waals surface area contributed by atoms with Crippen molar-refractivity contribution in [2.24, 2.45) is 11.7 Å². The summed E-state index contributed by atoms with van der Waals surface area (Å²) in [6.07, 6.45) is 10.4. The van der Waals surface area contributed by atoms with Gasteiger partial charge in [-0.3, -0.25) is 9.36 Å². The molecule has 2 saturated carbocycles. The van der Waals surface area contributed by atoms with Crippen molar-refractivity contribution >= 4 is 34.7 Å². The van der Waals surface area contributed by atoms with Crippen molar-refractivity contribution in [2.45, 2.75) is 88.4 Å². The fourth-order valence-corrected chi connectivity index (χ4v) is 6.43. The van der Waals surface area contributed by atoms with Crippen LogP contribution in [0.15, 0.2) is 24.4 Å². The molecule has 3 aromatic rings. The van der Waals surface area contributed by atoms with E-state index in [0.29, 0.717) is 23.1 Å². The van der Waals surface area contributed by atoms with Gasteiger partial charge in [-0.1, -0.05) is 0 Å². The Kier molecular flexibility index (Phi) is 8.29. The molecule has 12 heteroatoms. The minimum Gasteiger partial charge on any atom is -0.353 e. The Balaban J connectivity index is 1.24. The third-order valence-electron chi connectivity index (χ3n) is 8.83. The van der Waals surface area contributed by atoms with Crippen LogP contribution >= 0.6 is 0 Å². The predicted octanol–water partition coefficient (Wildman–Crippen LogP) is 4.13. The van der Waals surface area contributed by atoms with Crippen molar-refractivity contribution in [1.82, 2.24) is 30.2 Å². The molecule has 3 aliphatic rings. The minimum absolute atomic E-state index is 0.00405. The number of anilines is 3. The van der Waals surface area contributed by atoms with Crippen LogP contribution in [0.5, 0.6) is 0 Å². The summed E-state index contributed by atoms with van der Waals surface area (Å²) < 4.78 is 30.2. The molecule has 2 aromatic heterocycles. The van der Waals surface area contributed by atoms with E-state index in [0.717, 1.165) is 83.4 Å². The number of benzene rings is 1. The first-order valence-corrected chi connectivity index (χ1v) is 14.9. The first-order chi connectivity index (χ1) is 19.9. The number of nitrogens with zero attached hydrogens (tertiary/aromatic N) is 4. The number of aromatic nitrogens is 4. The van der Waals surface area contributed by atoms with Crippen LogP contribution in [0.2, 0.25) is 0 Å². The van der Waals surface area contributed by atoms with Crippen molar-refractivity contribution in [3.8, 4) is 0 Å². The zero-order valence-corrected chi connectivity index (χ0v) is 23.2. The Morgan fingerprint density at radius 1 is 0.951 bits per heavy atom. The SMILES string of the molecule is NC1CCC(Nc2ncc3nc(Nc4ccc(F)cc4F)n(C4CCC(C(=O)NC5CCNCC5)CC4)c3n2)CC1. The van der Waals surface area contributed by atoms with Gasteiger partial charge < -0.3 is 27.0 Å². The minimum atomic E-state index is -0.703. The fraction of sp³-hybridized carbons (Fsp3) is 0.586. The molecular weight excluding hydrogens is 528 g/mol. The third kappa shape index (κ3) is 6.43. The van der Waals surface area contributed by atoms with Gasteiger partial charge in [0.25, 0.3) is 0 Å². The lowest BCUT2D eigenvalue weighted by Gasteiger charge is -2.31. The van der Waals surface area contributed by atoms with Crippen molar-refractivity contribution in [3.05, 3.63) is 36.0 Å². The number of hydrogen-bond donors (Lipinski definition) is 5. The highest BCUT2D eigenvalue weighted by atomic mass is 19.1. The number of nitrogens with two attached hydrogens (primary N) is 1. The molecule has 0 atom stereocenters. The van der Waals surface area contributed by atoms with Crippen LogP contribution in [0.1, 0.15) is 70.3 Å². The number of carbonyl (C=O) groups is 1. The van der Waals surface area contributed by atoms with E-state index in [1.807, 2.05) is 4.57 Å². The molecule has 10 nitrogen and oxygen atoms in total. The number of piperidine rings is 1. The molecule has 1 aliphatic heterocycles. The Hall–Kier alpha value is -3.38. The Morgan fingerprint density at radius 3 is 2.44 bits per heavy atom. The van der Waals surface area contributed by atoms with Crippen molar-refractivity contribution in [3.63, 3.8) is 0 Å². The summed E-state index contributed by atoms with van der Waals surface area (Å²) in [4.78, 5) is 27.1. The van der Waals surface area contributed by atoms with Gasteiger partial charge in [0.05, 0.1) is 11.9 Å². The van der Waals surface area contributed by atoms with Crippen molar-refractivity contribution in [1.29, 1.82) is 0 Å². The molecule has 1 saturated heterocycles. The quantitative estimate of drug-likeness (QED) is 0.288. The number of carbonyl (C=O) groups excluding carboxylic acids is 1. The van der Waals surface area contributed by atoms with Gasteiger partial charge in [-0.2, -0.15) is 4.98 Å². The largest absolute Gasteiger partial charge is 0.353 e. The number of hydrogen-bond acceptors (Lipinski definition) is 8. The van der Waals surface area contributed by atoms with Gasteiger partial charge in [-0.05, 0) is 89.4 Å². The monoisotopic (exact) mass is 567 g/mol. The van der Waals surface area contributed by atoms with Crippen LogP contribution in [-0.2, 0) is 4.79 Å². The molecule has 1 amide bonds. The van der Waals surface area contributed by atoms with Crippen LogP contribution < -0.4 is 27.0 Å². The summed E-state index contributed by atoms with van der Waals surface area (Å²) in [5.41, 5.74) is 7.42. The molecule has 0 radical (unpaired) electrons. The molecule has 41 heavy (non-hydrogen) atoms. The van der Waals surface area contributed by atoms with E-state index in [9.17, 15) is 13.6 Å². The average molecular weight is 568 g/mol. The topological polar surface area (TPSA) is 135 Å². The molecule has 220 valence electrons. The molecule has 3 fully saturated rings. The van der Waals surface area contributed by atoms with Gasteiger partial charge in [0.2, 0.25) is 17.8 Å². The summed E-state index contributed by atoms with van der Waals surface area (Å²) in [7, 11) is 0. The van der Waals surface area contributed by atoms with E-state index in [1.165, 1.54) is 12.1 Å². The summed E-state index contributed by atoms with van der Waals surface area (Å²) in [6.45, 7) is 1.87. The van der Waals surface area contributed by atoms with Crippen molar-refractivity contribution in [2.75, 3.05) is 23.7 Å². The van der Waals surface area contributed by atoms with Crippen LogP contribution in [0.4, 0.5) is 26.4 Å². The first kappa shape index (κ1) is 27.8. The third-order valence-corrected chi connectivity index (χ3v) is 8.83. The van der Waals surface area contributed by atoms with Gasteiger partial charge in [0.1, 0.15) is 17.2 Å². The summed E-state index contributed by atoms with van der Waals surface area (Å²) in [6, 6.07) is 4.16. The lowest BCUT2D eigenvalue weighted by atomic mass is 9.85. The number of halogens is 2. The number of nitrogens with one attached hydrogen (secondary N) is 4. The predicted molar refractivity (Wildman–Crippen MR) is 154 cm³/mol. The highest BCUT2D eigenvalue weighted by Crippen LogP contribution is 2.37. The van der Waals surface area contributed by atoms with E-state index in [1.54, 1.807) is 6.20 Å². The van der Waals surface area contributed by atoms with Crippen molar-refractivity contribution < 1.29 is 13.6 Å².